The minimum atomic E-state index is -1.79. The lowest BCUT2D eigenvalue weighted by atomic mass is 10.0. The first-order valence-electron chi connectivity index (χ1n) is 12.8. The second-order valence-corrected chi connectivity index (χ2v) is 9.64. The number of carboxylic acids is 4. The van der Waals surface area contributed by atoms with Crippen molar-refractivity contribution in [1.29, 1.82) is 0 Å². The summed E-state index contributed by atoms with van der Waals surface area (Å²) in [7, 11) is 0. The maximum absolute atomic E-state index is 13.0. The van der Waals surface area contributed by atoms with Crippen LogP contribution in [0.1, 0.15) is 13.3 Å². The quantitative estimate of drug-likeness (QED) is 0.134. The third kappa shape index (κ3) is 9.63. The average Bonchev–Trinajstić information content (AvgIpc) is 3.18. The third-order valence-corrected chi connectivity index (χ3v) is 6.53. The molecule has 2 aliphatic rings. The van der Waals surface area contributed by atoms with Gasteiger partial charge in [-0.1, -0.05) is 6.92 Å². The van der Waals surface area contributed by atoms with Crippen molar-refractivity contribution in [3.63, 3.8) is 0 Å². The number of hydrogen-bond acceptors (Lipinski definition) is 11. The first-order valence-corrected chi connectivity index (χ1v) is 12.8. The van der Waals surface area contributed by atoms with Crippen molar-refractivity contribution in [2.24, 2.45) is 0 Å². The summed E-state index contributed by atoms with van der Waals surface area (Å²) in [6, 6.07) is 0. The third-order valence-electron chi connectivity index (χ3n) is 6.53. The molecule has 1 atom stereocenters. The monoisotopic (exact) mass is 571 g/mol. The van der Waals surface area contributed by atoms with Crippen LogP contribution >= 0.6 is 0 Å². The molecule has 1 unspecified atom stereocenters. The average molecular weight is 572 g/mol. The fourth-order valence-electron chi connectivity index (χ4n) is 4.82. The van der Waals surface area contributed by atoms with Gasteiger partial charge in [0.2, 0.25) is 0 Å². The Morgan fingerprint density at radius 1 is 0.725 bits per heavy atom. The Morgan fingerprint density at radius 3 is 1.60 bits per heavy atom. The fourth-order valence-corrected chi connectivity index (χ4v) is 4.82. The molecule has 2 heterocycles. The SMILES string of the molecule is CCCOCC1(N2C(=O)C=CC2=O)CN(CC(=O)O)CCN(CC(=O)O)CCN(CC(=O)O)CCN1CC(=O)O. The summed E-state index contributed by atoms with van der Waals surface area (Å²) >= 11 is 0. The minimum absolute atomic E-state index is 0.0153. The van der Waals surface area contributed by atoms with Gasteiger partial charge in [0.15, 0.2) is 0 Å². The summed E-state index contributed by atoms with van der Waals surface area (Å²) < 4.78 is 5.81. The second-order valence-electron chi connectivity index (χ2n) is 9.64. The van der Waals surface area contributed by atoms with Gasteiger partial charge in [0.05, 0.1) is 32.8 Å². The molecule has 224 valence electrons. The molecule has 16 heteroatoms. The lowest BCUT2D eigenvalue weighted by Gasteiger charge is -2.50. The van der Waals surface area contributed by atoms with Gasteiger partial charge in [-0.3, -0.25) is 53.3 Å². The Morgan fingerprint density at radius 2 is 1.15 bits per heavy atom. The number of hydrogen-bond donors (Lipinski definition) is 4. The molecule has 0 aromatic rings. The number of carbonyl (C=O) groups is 6. The van der Waals surface area contributed by atoms with Crippen molar-refractivity contribution in [3.8, 4) is 0 Å². The van der Waals surface area contributed by atoms with Crippen LogP contribution < -0.4 is 0 Å². The molecular formula is C24H37N5O11. The number of imide groups is 1. The zero-order valence-corrected chi connectivity index (χ0v) is 22.4. The van der Waals surface area contributed by atoms with Gasteiger partial charge in [-0.15, -0.1) is 0 Å². The van der Waals surface area contributed by atoms with Gasteiger partial charge >= 0.3 is 23.9 Å². The maximum atomic E-state index is 13.0. The lowest BCUT2D eigenvalue weighted by molar-refractivity contribution is -0.172. The molecule has 0 aromatic carbocycles. The van der Waals surface area contributed by atoms with Crippen LogP contribution in [0, 0.1) is 0 Å². The number of rotatable bonds is 13. The van der Waals surface area contributed by atoms with Crippen LogP contribution in [-0.4, -0.2) is 171 Å². The van der Waals surface area contributed by atoms with Crippen molar-refractivity contribution in [1.82, 2.24) is 24.5 Å². The van der Waals surface area contributed by atoms with Gasteiger partial charge in [-0.25, -0.2) is 0 Å². The molecule has 4 N–H and O–H groups in total. The van der Waals surface area contributed by atoms with Gasteiger partial charge in [-0.05, 0) is 6.42 Å². The van der Waals surface area contributed by atoms with Crippen LogP contribution in [0.3, 0.4) is 0 Å². The van der Waals surface area contributed by atoms with Crippen LogP contribution in [0.2, 0.25) is 0 Å². The fraction of sp³-hybridized carbons (Fsp3) is 0.667. The molecule has 0 saturated carbocycles. The van der Waals surface area contributed by atoms with Crippen molar-refractivity contribution in [2.75, 3.05) is 85.2 Å². The Labute approximate surface area is 230 Å². The van der Waals surface area contributed by atoms with E-state index < -0.39 is 61.0 Å². The van der Waals surface area contributed by atoms with Gasteiger partial charge in [0.1, 0.15) is 5.66 Å². The van der Waals surface area contributed by atoms with Crippen molar-refractivity contribution >= 4 is 35.7 Å². The van der Waals surface area contributed by atoms with Crippen LogP contribution in [0.15, 0.2) is 12.2 Å². The molecule has 1 saturated heterocycles. The van der Waals surface area contributed by atoms with Crippen LogP contribution in [0.4, 0.5) is 0 Å². The van der Waals surface area contributed by atoms with Crippen molar-refractivity contribution < 1.29 is 53.9 Å². The lowest BCUT2D eigenvalue weighted by Crippen LogP contribution is -2.71. The summed E-state index contributed by atoms with van der Waals surface area (Å²) in [6.07, 6.45) is 2.63. The topological polar surface area (TPSA) is 209 Å². The highest BCUT2D eigenvalue weighted by atomic mass is 16.5. The Balaban J connectivity index is 2.67. The molecule has 0 aliphatic carbocycles. The molecule has 2 aliphatic heterocycles. The summed E-state index contributed by atoms with van der Waals surface area (Å²) in [5.74, 6) is -6.27. The van der Waals surface area contributed by atoms with Crippen molar-refractivity contribution in [2.45, 2.75) is 19.0 Å². The number of aliphatic carboxylic acids is 4. The Bertz CT molecular complexity index is 972. The number of carbonyl (C=O) groups excluding carboxylic acids is 2. The summed E-state index contributed by atoms with van der Waals surface area (Å²) in [5, 5.41) is 38.3. The van der Waals surface area contributed by atoms with E-state index in [2.05, 4.69) is 0 Å². The van der Waals surface area contributed by atoms with E-state index in [1.807, 2.05) is 6.92 Å². The zero-order chi connectivity index (χ0) is 29.9. The first kappa shape index (κ1) is 32.8. The van der Waals surface area contributed by atoms with E-state index in [-0.39, 0.29) is 65.6 Å². The molecule has 0 radical (unpaired) electrons. The van der Waals surface area contributed by atoms with E-state index in [4.69, 9.17) is 4.74 Å². The number of carboxylic acid groups (broad SMARTS) is 4. The Hall–Kier alpha value is -3.44. The number of nitrogens with zero attached hydrogens (tertiary/aromatic N) is 5. The number of ether oxygens (including phenoxy) is 1. The molecule has 2 amide bonds. The summed E-state index contributed by atoms with van der Waals surface area (Å²) in [4.78, 5) is 79.6. The van der Waals surface area contributed by atoms with E-state index in [0.717, 1.165) is 17.1 Å². The van der Waals surface area contributed by atoms with Gasteiger partial charge in [-0.2, -0.15) is 0 Å². The first-order chi connectivity index (χ1) is 18.9. The molecule has 16 nitrogen and oxygen atoms in total. The smallest absolute Gasteiger partial charge is 0.317 e. The highest BCUT2D eigenvalue weighted by molar-refractivity contribution is 6.13. The van der Waals surface area contributed by atoms with Crippen LogP contribution in [0.25, 0.3) is 0 Å². The maximum Gasteiger partial charge on any atom is 0.317 e. The molecule has 2 rings (SSSR count). The Kier molecular flexibility index (Phi) is 12.6. The zero-order valence-electron chi connectivity index (χ0n) is 22.4. The predicted octanol–water partition coefficient (Wildman–Crippen LogP) is -2.41. The molecule has 1 fully saturated rings. The molecule has 0 bridgehead atoms. The largest absolute Gasteiger partial charge is 0.480 e. The van der Waals surface area contributed by atoms with Crippen LogP contribution in [0.5, 0.6) is 0 Å². The van der Waals surface area contributed by atoms with E-state index in [1.54, 1.807) is 0 Å². The van der Waals surface area contributed by atoms with Gasteiger partial charge in [0.25, 0.3) is 11.8 Å². The standard InChI is InChI=1S/C24H37N5O11/c1-2-11-40-17-24(29-18(30)3-4-19(29)31)16-27(14-22(36)37)8-7-25(12-20(32)33)5-6-26(13-21(34)35)9-10-28(24)15-23(38)39/h3-4H,2,5-17H2,1H3,(H,32,33)(H,34,35)(H,36,37)(H,38,39). The molecular weight excluding hydrogens is 534 g/mol. The molecule has 0 aromatic heterocycles. The van der Waals surface area contributed by atoms with Crippen molar-refractivity contribution in [3.05, 3.63) is 12.2 Å². The second kappa shape index (κ2) is 15.4. The van der Waals surface area contributed by atoms with Crippen LogP contribution in [-0.2, 0) is 33.5 Å². The number of amides is 2. The molecule has 0 spiro atoms. The van der Waals surface area contributed by atoms with Gasteiger partial charge < -0.3 is 25.2 Å². The molecule has 40 heavy (non-hydrogen) atoms. The van der Waals surface area contributed by atoms with E-state index >= 15 is 0 Å². The highest BCUT2D eigenvalue weighted by Gasteiger charge is 2.51. The predicted molar refractivity (Wildman–Crippen MR) is 136 cm³/mol. The highest BCUT2D eigenvalue weighted by Crippen LogP contribution is 2.28. The van der Waals surface area contributed by atoms with E-state index in [1.165, 1.54) is 19.6 Å². The van der Waals surface area contributed by atoms with Gasteiger partial charge in [0, 0.05) is 64.6 Å². The minimum Gasteiger partial charge on any atom is -0.480 e. The van der Waals surface area contributed by atoms with E-state index in [0.29, 0.717) is 6.42 Å². The summed E-state index contributed by atoms with van der Waals surface area (Å²) in [5.41, 5.74) is -1.79. The summed E-state index contributed by atoms with van der Waals surface area (Å²) in [6.45, 7) is -0.507. The van der Waals surface area contributed by atoms with E-state index in [9.17, 15) is 49.2 Å². The normalized spacial score (nSPS) is 22.7.